The second-order valence-corrected chi connectivity index (χ2v) is 8.17. The molecule has 1 aromatic heterocycles. The Kier molecular flexibility index (Phi) is 4.88. The molecule has 0 aliphatic carbocycles. The number of aromatic nitrogens is 1. The van der Waals surface area contributed by atoms with Crippen LogP contribution in [0.5, 0.6) is 0 Å². The van der Waals surface area contributed by atoms with Crippen molar-refractivity contribution < 1.29 is 13.2 Å². The topological polar surface area (TPSA) is 70.2 Å². The molecule has 0 bridgehead atoms. The number of rotatable bonds is 6. The summed E-state index contributed by atoms with van der Waals surface area (Å²) in [5.74, 6) is 0.495. The Morgan fingerprint density at radius 3 is 2.62 bits per heavy atom. The fraction of sp³-hybridized carbons (Fsp3) is 0.667. The minimum absolute atomic E-state index is 0.0146. The van der Waals surface area contributed by atoms with E-state index in [1.807, 2.05) is 31.7 Å². The molecule has 118 valence electrons. The van der Waals surface area contributed by atoms with Gasteiger partial charge in [0.2, 0.25) is 0 Å². The van der Waals surface area contributed by atoms with Gasteiger partial charge in [0.1, 0.15) is 0 Å². The molecule has 1 N–H and O–H groups in total. The zero-order chi connectivity index (χ0) is 15.6. The molecule has 1 aliphatic heterocycles. The highest BCUT2D eigenvalue weighted by Gasteiger charge is 2.33. The van der Waals surface area contributed by atoms with Crippen LogP contribution in [0.3, 0.4) is 0 Å². The maximum absolute atomic E-state index is 12.5. The van der Waals surface area contributed by atoms with Gasteiger partial charge in [0.05, 0.1) is 18.1 Å². The molecule has 0 saturated carbocycles. The van der Waals surface area contributed by atoms with Gasteiger partial charge in [0, 0.05) is 23.0 Å². The Hall–Kier alpha value is -1.14. The van der Waals surface area contributed by atoms with E-state index < -0.39 is 9.84 Å². The van der Waals surface area contributed by atoms with E-state index >= 15 is 0 Å². The van der Waals surface area contributed by atoms with Crippen LogP contribution in [0.1, 0.15) is 41.5 Å². The van der Waals surface area contributed by atoms with Gasteiger partial charge < -0.3 is 4.98 Å². The van der Waals surface area contributed by atoms with Crippen LogP contribution in [0.4, 0.5) is 0 Å². The van der Waals surface area contributed by atoms with E-state index in [9.17, 15) is 13.2 Å². The van der Waals surface area contributed by atoms with Crippen molar-refractivity contribution in [1.82, 2.24) is 9.88 Å². The van der Waals surface area contributed by atoms with Crippen LogP contribution in [0, 0.1) is 13.8 Å². The van der Waals surface area contributed by atoms with Crippen LogP contribution in [-0.2, 0) is 9.84 Å². The summed E-state index contributed by atoms with van der Waals surface area (Å²) in [6.07, 6.45) is 1.55. The third-order valence-electron chi connectivity index (χ3n) is 4.03. The lowest BCUT2D eigenvalue weighted by Gasteiger charge is -2.26. The van der Waals surface area contributed by atoms with Gasteiger partial charge in [-0.05, 0) is 39.3 Å². The van der Waals surface area contributed by atoms with Crippen molar-refractivity contribution in [3.8, 4) is 0 Å². The van der Waals surface area contributed by atoms with Crippen molar-refractivity contribution in [3.05, 3.63) is 23.0 Å². The molecule has 1 atom stereocenters. The van der Waals surface area contributed by atoms with Crippen molar-refractivity contribution in [2.24, 2.45) is 0 Å². The molecule has 1 unspecified atom stereocenters. The molecule has 2 rings (SSSR count). The summed E-state index contributed by atoms with van der Waals surface area (Å²) in [7, 11) is -2.92. The number of aromatic amines is 1. The van der Waals surface area contributed by atoms with E-state index in [0.29, 0.717) is 13.0 Å². The van der Waals surface area contributed by atoms with Gasteiger partial charge in [0.25, 0.3) is 0 Å². The molecule has 1 saturated heterocycles. The molecule has 6 heteroatoms. The van der Waals surface area contributed by atoms with E-state index in [1.165, 1.54) is 0 Å². The number of ketones is 1. The van der Waals surface area contributed by atoms with Crippen LogP contribution in [0.15, 0.2) is 6.07 Å². The Balaban J connectivity index is 2.09. The first kappa shape index (κ1) is 16.2. The standard InChI is InChI=1S/C15H24N2O3S/c1-4-6-17(13-5-7-21(19,20)10-13)9-15(18)14-8-11(2)16-12(14)3/h8,13,16H,4-7,9-10H2,1-3H3. The fourth-order valence-corrected chi connectivity index (χ4v) is 4.79. The Labute approximate surface area is 126 Å². The number of Topliss-reactive ketones (excluding diaryl/α,β-unsaturated/α-hetero) is 1. The molecule has 1 aromatic rings. The van der Waals surface area contributed by atoms with Gasteiger partial charge in [-0.15, -0.1) is 0 Å². The van der Waals surface area contributed by atoms with E-state index in [1.54, 1.807) is 0 Å². The lowest BCUT2D eigenvalue weighted by molar-refractivity contribution is 0.0901. The maximum atomic E-state index is 12.5. The van der Waals surface area contributed by atoms with Crippen LogP contribution in [0.2, 0.25) is 0 Å². The lowest BCUT2D eigenvalue weighted by Crippen LogP contribution is -2.40. The van der Waals surface area contributed by atoms with Crippen LogP contribution in [0.25, 0.3) is 0 Å². The predicted molar refractivity (Wildman–Crippen MR) is 83.5 cm³/mol. The maximum Gasteiger partial charge on any atom is 0.178 e. The molecule has 5 nitrogen and oxygen atoms in total. The number of aryl methyl sites for hydroxylation is 2. The summed E-state index contributed by atoms with van der Waals surface area (Å²) >= 11 is 0. The molecule has 1 fully saturated rings. The summed E-state index contributed by atoms with van der Waals surface area (Å²) in [6, 6.07) is 1.85. The number of H-pyrrole nitrogens is 1. The van der Waals surface area contributed by atoms with E-state index in [0.717, 1.165) is 29.9 Å². The largest absolute Gasteiger partial charge is 0.362 e. The Morgan fingerprint density at radius 1 is 1.43 bits per heavy atom. The summed E-state index contributed by atoms with van der Waals surface area (Å²) in [6.45, 7) is 6.93. The molecule has 0 spiro atoms. The normalized spacial score (nSPS) is 21.0. The number of sulfone groups is 1. The number of nitrogens with zero attached hydrogens (tertiary/aromatic N) is 1. The molecule has 0 aromatic carbocycles. The molecule has 21 heavy (non-hydrogen) atoms. The zero-order valence-corrected chi connectivity index (χ0v) is 13.8. The molecule has 1 aliphatic rings. The van der Waals surface area contributed by atoms with Gasteiger partial charge in [-0.25, -0.2) is 8.42 Å². The van der Waals surface area contributed by atoms with Crippen molar-refractivity contribution in [2.45, 2.75) is 39.7 Å². The summed E-state index contributed by atoms with van der Waals surface area (Å²) in [5.41, 5.74) is 2.57. The van der Waals surface area contributed by atoms with Crippen molar-refractivity contribution in [3.63, 3.8) is 0 Å². The van der Waals surface area contributed by atoms with E-state index in [-0.39, 0.29) is 23.3 Å². The van der Waals surface area contributed by atoms with Crippen LogP contribution in [-0.4, -0.2) is 54.7 Å². The summed E-state index contributed by atoms with van der Waals surface area (Å²) < 4.78 is 23.3. The lowest BCUT2D eigenvalue weighted by atomic mass is 10.1. The van der Waals surface area contributed by atoms with Gasteiger partial charge in [-0.3, -0.25) is 9.69 Å². The molecule has 0 amide bonds. The quantitative estimate of drug-likeness (QED) is 0.812. The van der Waals surface area contributed by atoms with Gasteiger partial charge in [-0.1, -0.05) is 6.92 Å². The Morgan fingerprint density at radius 2 is 2.14 bits per heavy atom. The van der Waals surface area contributed by atoms with Crippen LogP contribution < -0.4 is 0 Å². The minimum atomic E-state index is -2.92. The zero-order valence-electron chi connectivity index (χ0n) is 13.0. The van der Waals surface area contributed by atoms with E-state index in [2.05, 4.69) is 4.98 Å². The number of carbonyl (C=O) groups excluding carboxylic acids is 1. The van der Waals surface area contributed by atoms with Gasteiger partial charge >= 0.3 is 0 Å². The first-order chi connectivity index (χ1) is 9.82. The fourth-order valence-electron chi connectivity index (χ4n) is 3.02. The highest BCUT2D eigenvalue weighted by Crippen LogP contribution is 2.19. The average molecular weight is 312 g/mol. The van der Waals surface area contributed by atoms with Gasteiger partial charge in [-0.2, -0.15) is 0 Å². The second kappa shape index (κ2) is 6.32. The number of hydrogen-bond donors (Lipinski definition) is 1. The van der Waals surface area contributed by atoms with Crippen molar-refractivity contribution >= 4 is 15.6 Å². The third kappa shape index (κ3) is 3.95. The Bertz CT molecular complexity index is 619. The number of hydrogen-bond acceptors (Lipinski definition) is 4. The smallest absolute Gasteiger partial charge is 0.178 e. The van der Waals surface area contributed by atoms with Crippen molar-refractivity contribution in [1.29, 1.82) is 0 Å². The number of nitrogens with one attached hydrogen (secondary N) is 1. The highest BCUT2D eigenvalue weighted by atomic mass is 32.2. The highest BCUT2D eigenvalue weighted by molar-refractivity contribution is 7.91. The average Bonchev–Trinajstić information content (AvgIpc) is 2.91. The summed E-state index contributed by atoms with van der Waals surface area (Å²) in [5, 5.41) is 0. The first-order valence-corrected chi connectivity index (χ1v) is 9.28. The number of carbonyl (C=O) groups is 1. The molecule has 0 radical (unpaired) electrons. The predicted octanol–water partition coefficient (Wildman–Crippen LogP) is 1.71. The van der Waals surface area contributed by atoms with Crippen LogP contribution >= 0.6 is 0 Å². The molecular weight excluding hydrogens is 288 g/mol. The molecular formula is C15H24N2O3S. The SMILES string of the molecule is CCCN(CC(=O)c1cc(C)[nH]c1C)C1CCS(=O)(=O)C1. The first-order valence-electron chi connectivity index (χ1n) is 7.46. The van der Waals surface area contributed by atoms with Crippen molar-refractivity contribution in [2.75, 3.05) is 24.6 Å². The minimum Gasteiger partial charge on any atom is -0.362 e. The summed E-state index contributed by atoms with van der Waals surface area (Å²) in [4.78, 5) is 17.6. The monoisotopic (exact) mass is 312 g/mol. The molecule has 2 heterocycles. The second-order valence-electron chi connectivity index (χ2n) is 5.94. The van der Waals surface area contributed by atoms with Gasteiger partial charge in [0.15, 0.2) is 15.6 Å². The third-order valence-corrected chi connectivity index (χ3v) is 5.78. The van der Waals surface area contributed by atoms with E-state index in [4.69, 9.17) is 0 Å².